The third-order valence-electron chi connectivity index (χ3n) is 10.00. The maximum Gasteiger partial charge on any atom is 0.0541 e. The lowest BCUT2D eigenvalue weighted by Gasteiger charge is -2.27. The maximum absolute atomic E-state index is 2.44. The molecule has 0 aliphatic carbocycles. The lowest BCUT2D eigenvalue weighted by molar-refractivity contribution is 1.18. The molecule has 0 saturated carbocycles. The highest BCUT2D eigenvalue weighted by molar-refractivity contribution is 7.25. The van der Waals surface area contributed by atoms with E-state index < -0.39 is 0 Å². The number of hydrogen-bond donors (Lipinski definition) is 0. The molecule has 240 valence electrons. The first-order chi connectivity index (χ1) is 25.3. The van der Waals surface area contributed by atoms with Crippen molar-refractivity contribution in [3.05, 3.63) is 194 Å². The average molecular weight is 669 g/mol. The molecule has 2 aromatic heterocycles. The average Bonchev–Trinajstić information content (AvgIpc) is 3.75. The lowest BCUT2D eigenvalue weighted by Crippen LogP contribution is -2.10. The van der Waals surface area contributed by atoms with E-state index >= 15 is 0 Å². The van der Waals surface area contributed by atoms with Gasteiger partial charge in [0.15, 0.2) is 0 Å². The van der Waals surface area contributed by atoms with E-state index in [2.05, 4.69) is 204 Å². The molecule has 0 bridgehead atoms. The molecule has 0 radical (unpaired) electrons. The number of hydrogen-bond acceptors (Lipinski definition) is 2. The fourth-order valence-corrected chi connectivity index (χ4v) is 8.94. The number of para-hydroxylation sites is 5. The highest BCUT2D eigenvalue weighted by Gasteiger charge is 2.21. The van der Waals surface area contributed by atoms with Crippen molar-refractivity contribution >= 4 is 70.4 Å². The molecule has 0 N–H and O–H groups in total. The second-order valence-electron chi connectivity index (χ2n) is 12.9. The first-order valence-electron chi connectivity index (χ1n) is 17.4. The molecule has 3 heteroatoms. The number of aromatic nitrogens is 1. The van der Waals surface area contributed by atoms with E-state index in [1.807, 2.05) is 11.3 Å². The van der Waals surface area contributed by atoms with Gasteiger partial charge in [-0.1, -0.05) is 127 Å². The Morgan fingerprint density at radius 3 is 1.61 bits per heavy atom. The quantitative estimate of drug-likeness (QED) is 0.171. The van der Waals surface area contributed by atoms with E-state index in [-0.39, 0.29) is 0 Å². The minimum atomic E-state index is 1.11. The molecule has 51 heavy (non-hydrogen) atoms. The molecular formula is C48H32N2S. The molecule has 10 aromatic rings. The van der Waals surface area contributed by atoms with Gasteiger partial charge in [0.25, 0.3) is 0 Å². The van der Waals surface area contributed by atoms with E-state index in [1.165, 1.54) is 64.2 Å². The molecule has 0 aliphatic rings. The molecule has 0 saturated heterocycles. The zero-order valence-electron chi connectivity index (χ0n) is 27.8. The predicted octanol–water partition coefficient (Wildman–Crippen LogP) is 14.0. The SMILES string of the molecule is c1ccc(N(c2ccccc2)c2ccc(-c3ccccc3-n3c4ccccc4c4ccccc43)c(-c3cccc4sc5ccccc5c34)c2)cc1. The Hall–Kier alpha value is -6.42. The summed E-state index contributed by atoms with van der Waals surface area (Å²) in [5, 5.41) is 5.11. The van der Waals surface area contributed by atoms with Gasteiger partial charge in [0.2, 0.25) is 0 Å². The molecule has 0 atom stereocenters. The second-order valence-corrected chi connectivity index (χ2v) is 14.0. The largest absolute Gasteiger partial charge is 0.310 e. The fourth-order valence-electron chi connectivity index (χ4n) is 7.81. The van der Waals surface area contributed by atoms with E-state index in [9.17, 15) is 0 Å². The summed E-state index contributed by atoms with van der Waals surface area (Å²) in [4.78, 5) is 2.36. The van der Waals surface area contributed by atoms with E-state index in [4.69, 9.17) is 0 Å². The van der Waals surface area contributed by atoms with Gasteiger partial charge < -0.3 is 9.47 Å². The molecule has 10 rings (SSSR count). The number of thiophene rings is 1. The summed E-state index contributed by atoms with van der Waals surface area (Å²) in [5.74, 6) is 0. The van der Waals surface area contributed by atoms with Crippen LogP contribution in [-0.2, 0) is 0 Å². The van der Waals surface area contributed by atoms with E-state index in [0.29, 0.717) is 0 Å². The van der Waals surface area contributed by atoms with Crippen molar-refractivity contribution in [2.75, 3.05) is 4.90 Å². The van der Waals surface area contributed by atoms with Crippen LogP contribution in [0.3, 0.4) is 0 Å². The van der Waals surface area contributed by atoms with Crippen LogP contribution in [0.1, 0.15) is 0 Å². The summed E-state index contributed by atoms with van der Waals surface area (Å²) in [6.45, 7) is 0. The van der Waals surface area contributed by atoms with Crippen LogP contribution in [0.2, 0.25) is 0 Å². The summed E-state index contributed by atoms with van der Waals surface area (Å²) in [6, 6.07) is 70.4. The Kier molecular flexibility index (Phi) is 7.04. The Morgan fingerprint density at radius 1 is 0.353 bits per heavy atom. The molecule has 8 aromatic carbocycles. The summed E-state index contributed by atoms with van der Waals surface area (Å²) in [5.41, 5.74) is 11.7. The number of fused-ring (bicyclic) bond motifs is 6. The first-order valence-corrected chi connectivity index (χ1v) is 18.2. The minimum absolute atomic E-state index is 1.11. The second kappa shape index (κ2) is 12.2. The van der Waals surface area contributed by atoms with Crippen molar-refractivity contribution < 1.29 is 0 Å². The monoisotopic (exact) mass is 668 g/mol. The smallest absolute Gasteiger partial charge is 0.0541 e. The van der Waals surface area contributed by atoms with Crippen LogP contribution in [-0.4, -0.2) is 4.57 Å². The zero-order valence-corrected chi connectivity index (χ0v) is 28.6. The van der Waals surface area contributed by atoms with Gasteiger partial charge >= 0.3 is 0 Å². The third kappa shape index (κ3) is 4.85. The number of rotatable bonds is 6. The van der Waals surface area contributed by atoms with Gasteiger partial charge in [-0.3, -0.25) is 0 Å². The Balaban J connectivity index is 1.29. The Bertz CT molecular complexity index is 2770. The highest BCUT2D eigenvalue weighted by Crippen LogP contribution is 2.47. The minimum Gasteiger partial charge on any atom is -0.310 e. The van der Waals surface area contributed by atoms with E-state index in [0.717, 1.165) is 22.7 Å². The molecule has 2 heterocycles. The normalized spacial score (nSPS) is 11.5. The van der Waals surface area contributed by atoms with Gasteiger partial charge in [0, 0.05) is 53.6 Å². The van der Waals surface area contributed by atoms with Crippen LogP contribution < -0.4 is 4.90 Å². The molecule has 0 fully saturated rings. The van der Waals surface area contributed by atoms with Crippen molar-refractivity contribution in [1.29, 1.82) is 0 Å². The van der Waals surface area contributed by atoms with Crippen LogP contribution >= 0.6 is 11.3 Å². The van der Waals surface area contributed by atoms with Crippen molar-refractivity contribution in [3.8, 4) is 27.9 Å². The van der Waals surface area contributed by atoms with Gasteiger partial charge in [-0.2, -0.15) is 0 Å². The van der Waals surface area contributed by atoms with Gasteiger partial charge in [-0.25, -0.2) is 0 Å². The Labute approximate surface area is 300 Å². The molecule has 0 amide bonds. The van der Waals surface area contributed by atoms with Gasteiger partial charge in [-0.15, -0.1) is 11.3 Å². The van der Waals surface area contributed by atoms with Crippen molar-refractivity contribution in [2.45, 2.75) is 0 Å². The topological polar surface area (TPSA) is 8.17 Å². The first kappa shape index (κ1) is 29.5. The standard InChI is InChI=1S/C48H32N2S/c1-3-16-33(17-4-1)49(34-18-5-2-6-19-34)35-30-31-36(42(32-35)40-24-15-29-47-48(40)41-23-10-14-28-46(41)51-47)37-20-7-11-25-43(37)50-44-26-12-8-21-38(44)39-22-9-13-27-45(39)50/h1-32H. The summed E-state index contributed by atoms with van der Waals surface area (Å²) >= 11 is 1.87. The number of anilines is 3. The van der Waals surface area contributed by atoms with Crippen molar-refractivity contribution in [3.63, 3.8) is 0 Å². The fraction of sp³-hybridized carbons (Fsp3) is 0. The van der Waals surface area contributed by atoms with Crippen LogP contribution in [0.25, 0.3) is 69.9 Å². The van der Waals surface area contributed by atoms with Crippen LogP contribution in [0.4, 0.5) is 17.1 Å². The molecule has 0 spiro atoms. The van der Waals surface area contributed by atoms with Gasteiger partial charge in [0.05, 0.1) is 16.7 Å². The van der Waals surface area contributed by atoms with Crippen LogP contribution in [0.15, 0.2) is 194 Å². The Morgan fingerprint density at radius 2 is 0.902 bits per heavy atom. The molecule has 0 aliphatic heterocycles. The summed E-state index contributed by atoms with van der Waals surface area (Å²) in [7, 11) is 0. The van der Waals surface area contributed by atoms with Crippen molar-refractivity contribution in [2.24, 2.45) is 0 Å². The summed E-state index contributed by atoms with van der Waals surface area (Å²) in [6.07, 6.45) is 0. The molecular weight excluding hydrogens is 637 g/mol. The van der Waals surface area contributed by atoms with Crippen molar-refractivity contribution in [1.82, 2.24) is 4.57 Å². The van der Waals surface area contributed by atoms with E-state index in [1.54, 1.807) is 0 Å². The maximum atomic E-state index is 2.44. The van der Waals surface area contributed by atoms with Crippen LogP contribution in [0, 0.1) is 0 Å². The highest BCUT2D eigenvalue weighted by atomic mass is 32.1. The molecule has 0 unspecified atom stereocenters. The number of benzene rings is 8. The van der Waals surface area contributed by atoms with Gasteiger partial charge in [0.1, 0.15) is 0 Å². The number of nitrogens with zero attached hydrogens (tertiary/aromatic N) is 2. The zero-order chi connectivity index (χ0) is 33.7. The lowest BCUT2D eigenvalue weighted by atomic mass is 9.90. The summed E-state index contributed by atoms with van der Waals surface area (Å²) < 4.78 is 5.04. The molecule has 2 nitrogen and oxygen atoms in total. The third-order valence-corrected chi connectivity index (χ3v) is 11.1. The predicted molar refractivity (Wildman–Crippen MR) is 219 cm³/mol. The van der Waals surface area contributed by atoms with Crippen LogP contribution in [0.5, 0.6) is 0 Å². The van der Waals surface area contributed by atoms with Gasteiger partial charge in [-0.05, 0) is 83.4 Å².